The van der Waals surface area contributed by atoms with Crippen molar-refractivity contribution in [2.75, 3.05) is 13.7 Å². The first kappa shape index (κ1) is 16.7. The molecule has 1 aromatic rings. The highest BCUT2D eigenvalue weighted by Crippen LogP contribution is 2.38. The number of aromatic nitrogens is 1. The fourth-order valence-corrected chi connectivity index (χ4v) is 4.19. The number of hydrogen-bond donors (Lipinski definition) is 1. The van der Waals surface area contributed by atoms with E-state index in [1.165, 1.54) is 6.42 Å². The van der Waals surface area contributed by atoms with E-state index in [9.17, 15) is 9.59 Å². The number of nitrogens with zero attached hydrogens (tertiary/aromatic N) is 2. The molecule has 3 atom stereocenters. The van der Waals surface area contributed by atoms with Gasteiger partial charge in [0.2, 0.25) is 11.8 Å². The molecule has 1 saturated carbocycles. The number of amides is 2. The molecule has 0 aromatic carbocycles. The fourth-order valence-electron chi connectivity index (χ4n) is 4.19. The van der Waals surface area contributed by atoms with Crippen LogP contribution in [0.4, 0.5) is 0 Å². The van der Waals surface area contributed by atoms with E-state index in [0.29, 0.717) is 18.2 Å². The van der Waals surface area contributed by atoms with Crippen molar-refractivity contribution in [1.29, 1.82) is 0 Å². The SMILES string of the molecule is COc1ccncc1CC(=O)N1C[C@@H](C(N)=O)C[C@@H]2CCCC[C@H]21. The normalized spacial score (nSPS) is 26.5. The largest absolute Gasteiger partial charge is 0.496 e. The molecule has 0 bridgehead atoms. The molecule has 1 aliphatic carbocycles. The van der Waals surface area contributed by atoms with Crippen LogP contribution in [-0.4, -0.2) is 41.4 Å². The van der Waals surface area contributed by atoms with E-state index in [1.54, 1.807) is 25.6 Å². The number of hydrogen-bond acceptors (Lipinski definition) is 4. The molecule has 6 heteroatoms. The van der Waals surface area contributed by atoms with Gasteiger partial charge in [0.15, 0.2) is 0 Å². The van der Waals surface area contributed by atoms with Gasteiger partial charge in [-0.3, -0.25) is 14.6 Å². The molecule has 6 nitrogen and oxygen atoms in total. The van der Waals surface area contributed by atoms with Crippen molar-refractivity contribution in [1.82, 2.24) is 9.88 Å². The molecule has 2 aliphatic rings. The van der Waals surface area contributed by atoms with Crippen molar-refractivity contribution in [3.05, 3.63) is 24.0 Å². The van der Waals surface area contributed by atoms with Gasteiger partial charge in [-0.2, -0.15) is 0 Å². The molecule has 130 valence electrons. The van der Waals surface area contributed by atoms with E-state index >= 15 is 0 Å². The maximum Gasteiger partial charge on any atom is 0.227 e. The standard InChI is InChI=1S/C18H25N3O3/c1-24-16-6-7-20-10-13(16)9-17(22)21-11-14(18(19)23)8-12-4-2-3-5-15(12)21/h6-7,10,12,14-15H,2-5,8-9,11H2,1H3,(H2,19,23)/t12-,14-,15+/m0/s1. The number of nitrogens with two attached hydrogens (primary N) is 1. The molecular weight excluding hydrogens is 306 g/mol. The third-order valence-electron chi connectivity index (χ3n) is 5.42. The second-order valence-corrected chi connectivity index (χ2v) is 6.86. The van der Waals surface area contributed by atoms with Crippen molar-refractivity contribution in [2.24, 2.45) is 17.6 Å². The minimum Gasteiger partial charge on any atom is -0.496 e. The molecule has 3 rings (SSSR count). The van der Waals surface area contributed by atoms with Crippen LogP contribution in [0.25, 0.3) is 0 Å². The predicted octanol–water partition coefficient (Wildman–Crippen LogP) is 1.53. The van der Waals surface area contributed by atoms with Crippen molar-refractivity contribution in [2.45, 2.75) is 44.6 Å². The van der Waals surface area contributed by atoms with Gasteiger partial charge in [-0.15, -0.1) is 0 Å². The lowest BCUT2D eigenvalue weighted by Gasteiger charge is -2.46. The van der Waals surface area contributed by atoms with E-state index < -0.39 is 0 Å². The monoisotopic (exact) mass is 331 g/mol. The van der Waals surface area contributed by atoms with Crippen LogP contribution in [-0.2, 0) is 16.0 Å². The van der Waals surface area contributed by atoms with Crippen LogP contribution in [0.15, 0.2) is 18.5 Å². The highest BCUT2D eigenvalue weighted by molar-refractivity contribution is 5.82. The summed E-state index contributed by atoms with van der Waals surface area (Å²) in [6.45, 7) is 0.442. The second-order valence-electron chi connectivity index (χ2n) is 6.86. The number of pyridine rings is 1. The number of carbonyl (C=O) groups is 2. The molecule has 2 fully saturated rings. The Morgan fingerprint density at radius 3 is 2.92 bits per heavy atom. The summed E-state index contributed by atoms with van der Waals surface area (Å²) in [5.74, 6) is 0.566. The zero-order chi connectivity index (χ0) is 17.1. The third-order valence-corrected chi connectivity index (χ3v) is 5.42. The number of piperidine rings is 1. The van der Waals surface area contributed by atoms with Gasteiger partial charge in [0, 0.05) is 30.5 Å². The number of likely N-dealkylation sites (tertiary alicyclic amines) is 1. The van der Waals surface area contributed by atoms with Gasteiger partial charge < -0.3 is 15.4 Å². The van der Waals surface area contributed by atoms with Gasteiger partial charge >= 0.3 is 0 Å². The first-order chi connectivity index (χ1) is 11.6. The Hall–Kier alpha value is -2.11. The van der Waals surface area contributed by atoms with Crippen LogP contribution in [0.1, 0.15) is 37.7 Å². The molecule has 1 aromatic heterocycles. The first-order valence-corrected chi connectivity index (χ1v) is 8.65. The summed E-state index contributed by atoms with van der Waals surface area (Å²) in [5, 5.41) is 0. The minimum atomic E-state index is -0.296. The van der Waals surface area contributed by atoms with Crippen molar-refractivity contribution in [3.8, 4) is 5.75 Å². The van der Waals surface area contributed by atoms with Gasteiger partial charge in [0.05, 0.1) is 19.4 Å². The number of ether oxygens (including phenoxy) is 1. The number of carbonyl (C=O) groups excluding carboxylic acids is 2. The molecular formula is C18H25N3O3. The molecule has 2 N–H and O–H groups in total. The summed E-state index contributed by atoms with van der Waals surface area (Å²) in [5.41, 5.74) is 6.32. The van der Waals surface area contributed by atoms with Crippen LogP contribution < -0.4 is 10.5 Å². The molecule has 0 unspecified atom stereocenters. The van der Waals surface area contributed by atoms with Crippen LogP contribution >= 0.6 is 0 Å². The van der Waals surface area contributed by atoms with Crippen molar-refractivity contribution in [3.63, 3.8) is 0 Å². The molecule has 0 radical (unpaired) electrons. The molecule has 24 heavy (non-hydrogen) atoms. The summed E-state index contributed by atoms with van der Waals surface area (Å²) >= 11 is 0. The number of methoxy groups -OCH3 is 1. The van der Waals surface area contributed by atoms with Gasteiger partial charge in [-0.05, 0) is 31.2 Å². The van der Waals surface area contributed by atoms with E-state index in [2.05, 4.69) is 4.98 Å². The molecule has 1 aliphatic heterocycles. The molecule has 0 spiro atoms. The Bertz CT molecular complexity index is 619. The van der Waals surface area contributed by atoms with Gasteiger partial charge in [0.1, 0.15) is 5.75 Å². The summed E-state index contributed by atoms with van der Waals surface area (Å²) in [4.78, 5) is 30.6. The summed E-state index contributed by atoms with van der Waals surface area (Å²) in [6, 6.07) is 2.00. The summed E-state index contributed by atoms with van der Waals surface area (Å²) < 4.78 is 5.31. The van der Waals surface area contributed by atoms with E-state index in [0.717, 1.165) is 31.2 Å². The Morgan fingerprint density at radius 2 is 2.17 bits per heavy atom. The van der Waals surface area contributed by atoms with Crippen LogP contribution in [0.5, 0.6) is 5.75 Å². The van der Waals surface area contributed by atoms with Crippen LogP contribution in [0.3, 0.4) is 0 Å². The van der Waals surface area contributed by atoms with Gasteiger partial charge in [0.25, 0.3) is 0 Å². The molecule has 2 amide bonds. The summed E-state index contributed by atoms with van der Waals surface area (Å²) in [6.07, 6.45) is 8.79. The quantitative estimate of drug-likeness (QED) is 0.906. The maximum atomic E-state index is 12.9. The Kier molecular flexibility index (Phi) is 5.02. The summed E-state index contributed by atoms with van der Waals surface area (Å²) in [7, 11) is 1.59. The minimum absolute atomic E-state index is 0.0316. The number of fused-ring (bicyclic) bond motifs is 1. The van der Waals surface area contributed by atoms with E-state index in [1.807, 2.05) is 4.90 Å². The zero-order valence-corrected chi connectivity index (χ0v) is 14.1. The van der Waals surface area contributed by atoms with Crippen LogP contribution in [0, 0.1) is 11.8 Å². The smallest absolute Gasteiger partial charge is 0.227 e. The lowest BCUT2D eigenvalue weighted by molar-refractivity contribution is -0.141. The lowest BCUT2D eigenvalue weighted by Crippen LogP contribution is -2.55. The zero-order valence-electron chi connectivity index (χ0n) is 14.1. The van der Waals surface area contributed by atoms with Gasteiger partial charge in [-0.1, -0.05) is 12.8 Å². The van der Waals surface area contributed by atoms with Crippen molar-refractivity contribution < 1.29 is 14.3 Å². The first-order valence-electron chi connectivity index (χ1n) is 8.65. The van der Waals surface area contributed by atoms with E-state index in [4.69, 9.17) is 10.5 Å². The number of primary amides is 1. The molecule has 2 heterocycles. The second kappa shape index (κ2) is 7.20. The topological polar surface area (TPSA) is 85.5 Å². The maximum absolute atomic E-state index is 12.9. The van der Waals surface area contributed by atoms with Crippen LogP contribution in [0.2, 0.25) is 0 Å². The third kappa shape index (κ3) is 3.37. The van der Waals surface area contributed by atoms with Gasteiger partial charge in [-0.25, -0.2) is 0 Å². The Labute approximate surface area is 142 Å². The Balaban J connectivity index is 1.79. The fraction of sp³-hybridized carbons (Fsp3) is 0.611. The Morgan fingerprint density at radius 1 is 1.38 bits per heavy atom. The highest BCUT2D eigenvalue weighted by Gasteiger charge is 2.41. The van der Waals surface area contributed by atoms with E-state index in [-0.39, 0.29) is 30.2 Å². The molecule has 1 saturated heterocycles. The van der Waals surface area contributed by atoms with Crippen molar-refractivity contribution >= 4 is 11.8 Å². The average Bonchev–Trinajstić information content (AvgIpc) is 2.61. The lowest BCUT2D eigenvalue weighted by atomic mass is 9.74. The highest BCUT2D eigenvalue weighted by atomic mass is 16.5. The number of rotatable bonds is 4. The average molecular weight is 331 g/mol. The predicted molar refractivity (Wildman–Crippen MR) is 89.3 cm³/mol.